The number of para-hydroxylation sites is 1. The summed E-state index contributed by atoms with van der Waals surface area (Å²) in [6, 6.07) is 29.0. The summed E-state index contributed by atoms with van der Waals surface area (Å²) >= 11 is 1.20. The normalized spacial score (nSPS) is 11.7. The summed E-state index contributed by atoms with van der Waals surface area (Å²) in [4.78, 5) is 30.7. The predicted molar refractivity (Wildman–Crippen MR) is 147 cm³/mol. The number of nitrogens with zero attached hydrogens (tertiary/aromatic N) is 3. The number of amides is 1. The molecule has 4 aromatic carbocycles. The minimum Gasteiger partial charge on any atom is -0.272 e. The van der Waals surface area contributed by atoms with E-state index in [2.05, 4.69) is 10.5 Å². The van der Waals surface area contributed by atoms with Gasteiger partial charge in [-0.25, -0.2) is 10.4 Å². The molecular weight excluding hydrogens is 468 g/mol. The summed E-state index contributed by atoms with van der Waals surface area (Å²) in [5, 5.41) is 7.50. The van der Waals surface area contributed by atoms with Gasteiger partial charge in [0.25, 0.3) is 11.5 Å². The number of nitrogens with one attached hydrogen (secondary N) is 1. The van der Waals surface area contributed by atoms with Gasteiger partial charge in [0.2, 0.25) is 0 Å². The maximum Gasteiger partial charge on any atom is 0.266 e. The second-order valence-corrected chi connectivity index (χ2v) is 9.38. The van der Waals surface area contributed by atoms with E-state index in [1.54, 1.807) is 16.7 Å². The summed E-state index contributed by atoms with van der Waals surface area (Å²) in [7, 11) is 0. The molecule has 1 N–H and O–H groups in total. The van der Waals surface area contributed by atoms with Gasteiger partial charge < -0.3 is 0 Å². The zero-order valence-corrected chi connectivity index (χ0v) is 20.8. The van der Waals surface area contributed by atoms with Gasteiger partial charge in [-0.1, -0.05) is 84.1 Å². The summed E-state index contributed by atoms with van der Waals surface area (Å²) in [6.45, 7) is 3.86. The van der Waals surface area contributed by atoms with E-state index in [0.717, 1.165) is 21.9 Å². The van der Waals surface area contributed by atoms with Crippen LogP contribution in [0, 0.1) is 6.92 Å². The van der Waals surface area contributed by atoms with Crippen molar-refractivity contribution < 1.29 is 4.79 Å². The van der Waals surface area contributed by atoms with Gasteiger partial charge in [-0.2, -0.15) is 5.10 Å². The van der Waals surface area contributed by atoms with Crippen molar-refractivity contribution in [1.82, 2.24) is 15.0 Å². The zero-order chi connectivity index (χ0) is 25.1. The van der Waals surface area contributed by atoms with Crippen LogP contribution in [0.2, 0.25) is 0 Å². The van der Waals surface area contributed by atoms with Crippen molar-refractivity contribution in [3.05, 3.63) is 112 Å². The number of carbonyl (C=O) groups is 1. The molecule has 0 radical (unpaired) electrons. The van der Waals surface area contributed by atoms with E-state index in [1.807, 2.05) is 92.7 Å². The van der Waals surface area contributed by atoms with Crippen molar-refractivity contribution in [2.24, 2.45) is 5.10 Å². The highest BCUT2D eigenvalue weighted by Crippen LogP contribution is 2.22. The fourth-order valence-corrected chi connectivity index (χ4v) is 4.85. The quantitative estimate of drug-likeness (QED) is 0.147. The Morgan fingerprint density at radius 1 is 0.917 bits per heavy atom. The molecule has 178 valence electrons. The number of aryl methyl sites for hydroxylation is 1. The molecule has 0 aliphatic rings. The van der Waals surface area contributed by atoms with Crippen LogP contribution in [0.1, 0.15) is 18.1 Å². The maximum atomic E-state index is 13.3. The third-order valence-electron chi connectivity index (χ3n) is 5.90. The Morgan fingerprint density at radius 2 is 1.61 bits per heavy atom. The zero-order valence-electron chi connectivity index (χ0n) is 19.9. The number of aromatic nitrogens is 2. The Kier molecular flexibility index (Phi) is 6.64. The Morgan fingerprint density at radius 3 is 2.42 bits per heavy atom. The van der Waals surface area contributed by atoms with Crippen LogP contribution in [0.5, 0.6) is 0 Å². The molecule has 0 aliphatic heterocycles. The van der Waals surface area contributed by atoms with Crippen molar-refractivity contribution >= 4 is 45.1 Å². The molecule has 0 fully saturated rings. The first kappa shape index (κ1) is 23.5. The van der Waals surface area contributed by atoms with Gasteiger partial charge in [0.1, 0.15) is 0 Å². The van der Waals surface area contributed by atoms with E-state index in [-0.39, 0.29) is 17.2 Å². The maximum absolute atomic E-state index is 13.3. The van der Waals surface area contributed by atoms with Crippen molar-refractivity contribution in [1.29, 1.82) is 0 Å². The Bertz CT molecular complexity index is 1670. The number of hydrogen-bond acceptors (Lipinski definition) is 5. The second-order valence-electron chi connectivity index (χ2n) is 8.44. The predicted octanol–water partition coefficient (Wildman–Crippen LogP) is 5.48. The lowest BCUT2D eigenvalue weighted by Crippen LogP contribution is -2.24. The van der Waals surface area contributed by atoms with Crippen molar-refractivity contribution in [2.75, 3.05) is 5.75 Å². The number of thioether (sulfide) groups is 1. The molecule has 1 heterocycles. The molecule has 0 saturated heterocycles. The highest BCUT2D eigenvalue weighted by atomic mass is 32.2. The van der Waals surface area contributed by atoms with Crippen LogP contribution in [-0.4, -0.2) is 26.9 Å². The van der Waals surface area contributed by atoms with Crippen LogP contribution in [0.4, 0.5) is 0 Å². The van der Waals surface area contributed by atoms with Gasteiger partial charge >= 0.3 is 0 Å². The number of fused-ring (bicyclic) bond motifs is 2. The Labute approximate surface area is 212 Å². The lowest BCUT2D eigenvalue weighted by Gasteiger charge is -2.13. The standard InChI is InChI=1S/C29H24N4O2S/c1-19-14-16-22(17-15-19)33-28(35)25-11-5-6-13-26(25)30-29(33)36-18-27(34)32-31-20(2)23-12-7-9-21-8-3-4-10-24(21)23/h3-17H,18H2,1-2H3,(H,32,34)/b31-20-. The average Bonchev–Trinajstić information content (AvgIpc) is 2.91. The topological polar surface area (TPSA) is 76.3 Å². The van der Waals surface area contributed by atoms with Gasteiger partial charge in [0.05, 0.1) is 28.1 Å². The smallest absolute Gasteiger partial charge is 0.266 e. The van der Waals surface area contributed by atoms with Crippen LogP contribution in [0.15, 0.2) is 106 Å². The third-order valence-corrected chi connectivity index (χ3v) is 6.84. The van der Waals surface area contributed by atoms with Crippen LogP contribution < -0.4 is 11.0 Å². The van der Waals surface area contributed by atoms with E-state index >= 15 is 0 Å². The third kappa shape index (κ3) is 4.78. The number of rotatable bonds is 6. The molecule has 6 nitrogen and oxygen atoms in total. The minimum absolute atomic E-state index is 0.0585. The lowest BCUT2D eigenvalue weighted by molar-refractivity contribution is -0.118. The molecule has 1 aromatic heterocycles. The highest BCUT2D eigenvalue weighted by molar-refractivity contribution is 7.99. The molecule has 5 rings (SSSR count). The summed E-state index contributed by atoms with van der Waals surface area (Å²) in [5.74, 6) is -0.222. The fraction of sp³-hybridized carbons (Fsp3) is 0.103. The van der Waals surface area contributed by atoms with E-state index in [1.165, 1.54) is 11.8 Å². The first-order chi connectivity index (χ1) is 17.5. The Balaban J connectivity index is 1.39. The van der Waals surface area contributed by atoms with Gasteiger partial charge in [0, 0.05) is 5.56 Å². The second kappa shape index (κ2) is 10.2. The summed E-state index contributed by atoms with van der Waals surface area (Å²) in [6.07, 6.45) is 0. The molecule has 7 heteroatoms. The molecular formula is C29H24N4O2S. The Hall–Kier alpha value is -4.23. The van der Waals surface area contributed by atoms with Crippen LogP contribution in [-0.2, 0) is 4.79 Å². The van der Waals surface area contributed by atoms with E-state index in [4.69, 9.17) is 4.98 Å². The van der Waals surface area contributed by atoms with Gasteiger partial charge in [0.15, 0.2) is 5.16 Å². The first-order valence-corrected chi connectivity index (χ1v) is 12.5. The molecule has 0 spiro atoms. The minimum atomic E-state index is -0.280. The molecule has 0 aliphatic carbocycles. The van der Waals surface area contributed by atoms with Crippen molar-refractivity contribution in [2.45, 2.75) is 19.0 Å². The monoisotopic (exact) mass is 492 g/mol. The average molecular weight is 493 g/mol. The first-order valence-electron chi connectivity index (χ1n) is 11.5. The number of benzene rings is 4. The van der Waals surface area contributed by atoms with E-state index < -0.39 is 0 Å². The molecule has 1 amide bonds. The van der Waals surface area contributed by atoms with Gasteiger partial charge in [-0.3, -0.25) is 14.2 Å². The van der Waals surface area contributed by atoms with Gasteiger partial charge in [-0.05, 0) is 48.9 Å². The molecule has 5 aromatic rings. The number of hydrazone groups is 1. The molecule has 0 atom stereocenters. The number of hydrogen-bond donors (Lipinski definition) is 1. The fourth-order valence-electron chi connectivity index (χ4n) is 4.04. The van der Waals surface area contributed by atoms with Crippen molar-refractivity contribution in [3.8, 4) is 5.69 Å². The van der Waals surface area contributed by atoms with E-state index in [0.29, 0.717) is 27.5 Å². The SMILES string of the molecule is C/C(=N/NC(=O)CSc1nc2ccccc2c(=O)n1-c1ccc(C)cc1)c1cccc2ccccc12. The van der Waals surface area contributed by atoms with Crippen molar-refractivity contribution in [3.63, 3.8) is 0 Å². The molecule has 0 bridgehead atoms. The molecule has 0 unspecified atom stereocenters. The largest absolute Gasteiger partial charge is 0.272 e. The van der Waals surface area contributed by atoms with Crippen LogP contribution in [0.25, 0.3) is 27.4 Å². The lowest BCUT2D eigenvalue weighted by atomic mass is 10.0. The van der Waals surface area contributed by atoms with Crippen LogP contribution in [0.3, 0.4) is 0 Å². The summed E-state index contributed by atoms with van der Waals surface area (Å²) < 4.78 is 1.56. The van der Waals surface area contributed by atoms with Crippen LogP contribution >= 0.6 is 11.8 Å². The molecule has 0 saturated carbocycles. The number of carbonyl (C=O) groups excluding carboxylic acids is 1. The molecule has 36 heavy (non-hydrogen) atoms. The summed E-state index contributed by atoms with van der Waals surface area (Å²) in [5.41, 5.74) is 6.55. The van der Waals surface area contributed by atoms with E-state index in [9.17, 15) is 9.59 Å². The highest BCUT2D eigenvalue weighted by Gasteiger charge is 2.15. The van der Waals surface area contributed by atoms with Gasteiger partial charge in [-0.15, -0.1) is 0 Å².